The van der Waals surface area contributed by atoms with E-state index in [1.54, 1.807) is 45.9 Å². The van der Waals surface area contributed by atoms with Crippen LogP contribution in [0.5, 0.6) is 5.75 Å². The van der Waals surface area contributed by atoms with E-state index >= 15 is 0 Å². The number of amides is 1. The second-order valence-corrected chi connectivity index (χ2v) is 10.5. The number of aliphatic hydroxyl groups is 1. The first-order valence-electron chi connectivity index (χ1n) is 12.4. The molecule has 1 aliphatic rings. The second kappa shape index (κ2) is 9.65. The van der Waals surface area contributed by atoms with Gasteiger partial charge < -0.3 is 20.1 Å². The van der Waals surface area contributed by atoms with Gasteiger partial charge in [-0.1, -0.05) is 45.2 Å². The molecule has 2 aromatic carbocycles. The Hall–Kier alpha value is -3.26. The number of hydrogen-bond donors (Lipinski definition) is 3. The summed E-state index contributed by atoms with van der Waals surface area (Å²) in [6, 6.07) is 8.52. The Morgan fingerprint density at radius 1 is 1.14 bits per heavy atom. The van der Waals surface area contributed by atoms with Gasteiger partial charge in [-0.05, 0) is 67.5 Å². The van der Waals surface area contributed by atoms with Gasteiger partial charge in [-0.25, -0.2) is 9.18 Å². The number of aromatic hydroxyl groups is 1. The molecule has 0 saturated heterocycles. The number of halogens is 1. The fourth-order valence-corrected chi connectivity index (χ4v) is 5.62. The van der Waals surface area contributed by atoms with Gasteiger partial charge in [0.25, 0.3) is 5.91 Å². The van der Waals surface area contributed by atoms with Gasteiger partial charge in [0.15, 0.2) is 0 Å². The molecule has 1 fully saturated rings. The average Bonchev–Trinajstić information content (AvgIpc) is 2.87. The largest absolute Gasteiger partial charge is 0.508 e. The van der Waals surface area contributed by atoms with Crippen LogP contribution < -0.4 is 10.9 Å². The molecule has 7 nitrogen and oxygen atoms in total. The predicted molar refractivity (Wildman–Crippen MR) is 135 cm³/mol. The number of anilines is 1. The Balaban J connectivity index is 1.75. The summed E-state index contributed by atoms with van der Waals surface area (Å²) >= 11 is 0. The van der Waals surface area contributed by atoms with Crippen LogP contribution in [0.25, 0.3) is 10.8 Å². The van der Waals surface area contributed by atoms with Gasteiger partial charge in [0.2, 0.25) is 0 Å². The van der Waals surface area contributed by atoms with E-state index in [4.69, 9.17) is 4.52 Å². The number of fused-ring (bicyclic) bond motifs is 1. The minimum atomic E-state index is -1.80. The lowest BCUT2D eigenvalue weighted by Crippen LogP contribution is -2.59. The quantitative estimate of drug-likeness (QED) is 0.432. The summed E-state index contributed by atoms with van der Waals surface area (Å²) in [7, 11) is 0. The van der Waals surface area contributed by atoms with Crippen LogP contribution in [0.15, 0.2) is 45.7 Å². The van der Waals surface area contributed by atoms with Gasteiger partial charge in [-0.15, -0.1) is 0 Å². The summed E-state index contributed by atoms with van der Waals surface area (Å²) in [5.74, 6) is -2.16. The number of nitrogens with zero attached hydrogens (tertiary/aromatic N) is 1. The number of aromatic nitrogens is 1. The average molecular weight is 497 g/mol. The zero-order chi connectivity index (χ0) is 26.3. The third-order valence-electron chi connectivity index (χ3n) is 8.14. The smallest absolute Gasteiger partial charge is 0.366 e. The molecule has 192 valence electrons. The molecule has 2 unspecified atom stereocenters. The van der Waals surface area contributed by atoms with Crippen LogP contribution in [0.2, 0.25) is 0 Å². The van der Waals surface area contributed by atoms with Crippen LogP contribution in [0.1, 0.15) is 64.1 Å². The van der Waals surface area contributed by atoms with Gasteiger partial charge >= 0.3 is 5.63 Å². The van der Waals surface area contributed by atoms with E-state index in [9.17, 15) is 24.2 Å². The number of carbonyl (C=O) groups is 1. The minimum absolute atomic E-state index is 0.0870. The van der Waals surface area contributed by atoms with Crippen LogP contribution in [0.4, 0.5) is 10.1 Å². The van der Waals surface area contributed by atoms with Crippen LogP contribution in [0, 0.1) is 24.6 Å². The Morgan fingerprint density at radius 2 is 1.83 bits per heavy atom. The number of rotatable bonds is 6. The number of phenols is 1. The number of benzene rings is 2. The van der Waals surface area contributed by atoms with E-state index in [1.807, 2.05) is 0 Å². The van der Waals surface area contributed by atoms with Crippen molar-refractivity contribution < 1.29 is 23.9 Å². The molecule has 2 atom stereocenters. The maximum Gasteiger partial charge on any atom is 0.366 e. The molecule has 3 aromatic rings. The standard InChI is InChI=1S/C28H33FN2O5/c1-16-22-15-20(11-12-21(22)25(33)36-31-16)30-26(34)28(35,18-8-6-5-7-9-18)17(2)27(3,4)23-14-19(29)10-13-24(23)32/h10-15,17-18,32,35H,5-9H2,1-4H3,(H,30,34). The van der Waals surface area contributed by atoms with E-state index in [0.717, 1.165) is 19.3 Å². The molecular formula is C28H33FN2O5. The molecule has 1 aromatic heterocycles. The molecule has 0 spiro atoms. The number of hydrogen-bond acceptors (Lipinski definition) is 6. The van der Waals surface area contributed by atoms with Crippen LogP contribution in [0.3, 0.4) is 0 Å². The van der Waals surface area contributed by atoms with E-state index in [1.165, 1.54) is 18.2 Å². The lowest BCUT2D eigenvalue weighted by atomic mass is 9.60. The zero-order valence-electron chi connectivity index (χ0n) is 21.1. The highest BCUT2D eigenvalue weighted by Crippen LogP contribution is 2.48. The summed E-state index contributed by atoms with van der Waals surface area (Å²) in [4.78, 5) is 25.9. The molecular weight excluding hydrogens is 463 g/mol. The minimum Gasteiger partial charge on any atom is -0.508 e. The van der Waals surface area contributed by atoms with Gasteiger partial charge in [-0.3, -0.25) is 4.79 Å². The fourth-order valence-electron chi connectivity index (χ4n) is 5.62. The monoisotopic (exact) mass is 496 g/mol. The molecule has 0 aliphatic heterocycles. The molecule has 0 radical (unpaired) electrons. The lowest BCUT2D eigenvalue weighted by molar-refractivity contribution is -0.154. The van der Waals surface area contributed by atoms with E-state index in [2.05, 4.69) is 10.5 Å². The molecule has 0 bridgehead atoms. The molecule has 1 amide bonds. The van der Waals surface area contributed by atoms with Crippen molar-refractivity contribution in [2.45, 2.75) is 70.8 Å². The van der Waals surface area contributed by atoms with Crippen molar-refractivity contribution in [3.63, 3.8) is 0 Å². The highest BCUT2D eigenvalue weighted by atomic mass is 19.1. The fraction of sp³-hybridized carbons (Fsp3) is 0.464. The van der Waals surface area contributed by atoms with Gasteiger partial charge in [-0.2, -0.15) is 0 Å². The van der Waals surface area contributed by atoms with E-state index in [-0.39, 0.29) is 11.7 Å². The number of phenolic OH excluding ortho intramolecular Hbond substituents is 1. The van der Waals surface area contributed by atoms with Crippen LogP contribution >= 0.6 is 0 Å². The Labute approximate surface area is 209 Å². The Morgan fingerprint density at radius 3 is 2.53 bits per heavy atom. The Bertz CT molecular complexity index is 1350. The number of nitrogens with one attached hydrogen (secondary N) is 1. The third-order valence-corrected chi connectivity index (χ3v) is 8.14. The second-order valence-electron chi connectivity index (χ2n) is 10.5. The van der Waals surface area contributed by atoms with Crippen molar-refractivity contribution in [1.29, 1.82) is 0 Å². The van der Waals surface area contributed by atoms with Crippen LogP contribution in [-0.2, 0) is 10.2 Å². The first-order chi connectivity index (χ1) is 17.0. The molecule has 1 aliphatic carbocycles. The first kappa shape index (κ1) is 25.8. The Kier molecular flexibility index (Phi) is 6.92. The van der Waals surface area contributed by atoms with Crippen molar-refractivity contribution in [3.05, 3.63) is 63.9 Å². The summed E-state index contributed by atoms with van der Waals surface area (Å²) in [6.45, 7) is 7.08. The van der Waals surface area contributed by atoms with Gasteiger partial charge in [0, 0.05) is 22.6 Å². The summed E-state index contributed by atoms with van der Waals surface area (Å²) in [6.07, 6.45) is 4.20. The van der Waals surface area contributed by atoms with Crippen molar-refractivity contribution >= 4 is 22.4 Å². The van der Waals surface area contributed by atoms with Gasteiger partial charge in [0.05, 0.1) is 11.1 Å². The first-order valence-corrected chi connectivity index (χ1v) is 12.4. The lowest BCUT2D eigenvalue weighted by Gasteiger charge is -2.47. The number of carbonyl (C=O) groups excluding carboxylic acids is 1. The molecule has 1 saturated carbocycles. The highest BCUT2D eigenvalue weighted by molar-refractivity contribution is 5.99. The maximum absolute atomic E-state index is 14.1. The molecule has 3 N–H and O–H groups in total. The number of aryl methyl sites for hydroxylation is 1. The van der Waals surface area contributed by atoms with Crippen molar-refractivity contribution in [2.75, 3.05) is 5.32 Å². The van der Waals surface area contributed by atoms with Crippen molar-refractivity contribution in [2.24, 2.45) is 11.8 Å². The normalized spacial score (nSPS) is 17.5. The van der Waals surface area contributed by atoms with E-state index < -0.39 is 34.3 Å². The molecule has 1 heterocycles. The molecule has 8 heteroatoms. The summed E-state index contributed by atoms with van der Waals surface area (Å²) < 4.78 is 18.9. The SMILES string of the molecule is Cc1noc(=O)c2ccc(NC(=O)C(O)(C3CCCCC3)C(C)C(C)(C)c3cc(F)ccc3O)cc12. The maximum atomic E-state index is 14.1. The highest BCUT2D eigenvalue weighted by Gasteiger charge is 2.54. The summed E-state index contributed by atoms with van der Waals surface area (Å²) in [5, 5.41) is 30.3. The predicted octanol–water partition coefficient (Wildman–Crippen LogP) is 5.20. The topological polar surface area (TPSA) is 113 Å². The van der Waals surface area contributed by atoms with Gasteiger partial charge in [0.1, 0.15) is 17.2 Å². The van der Waals surface area contributed by atoms with E-state index in [0.29, 0.717) is 40.6 Å². The molecule has 36 heavy (non-hydrogen) atoms. The third kappa shape index (κ3) is 4.50. The molecule has 4 rings (SSSR count). The zero-order valence-corrected chi connectivity index (χ0v) is 21.1. The van der Waals surface area contributed by atoms with Crippen LogP contribution in [-0.4, -0.2) is 26.9 Å². The summed E-state index contributed by atoms with van der Waals surface area (Å²) in [5.41, 5.74) is -2.08. The van der Waals surface area contributed by atoms with Crippen molar-refractivity contribution in [3.8, 4) is 5.75 Å². The van der Waals surface area contributed by atoms with Crippen molar-refractivity contribution in [1.82, 2.24) is 5.16 Å².